The van der Waals surface area contributed by atoms with Crippen molar-refractivity contribution in [3.05, 3.63) is 61.2 Å². The van der Waals surface area contributed by atoms with Crippen LogP contribution in [0.1, 0.15) is 4.88 Å². The monoisotopic (exact) mass is 500 g/mol. The van der Waals surface area contributed by atoms with Crippen LogP contribution in [0.4, 0.5) is 0 Å². The smallest absolute Gasteiger partial charge is 0.353 e. The third-order valence-electron chi connectivity index (χ3n) is 4.49. The molecule has 156 valence electrons. The summed E-state index contributed by atoms with van der Waals surface area (Å²) in [4.78, 5) is 40.2. The van der Waals surface area contributed by atoms with Gasteiger partial charge in [-0.3, -0.25) is 14.5 Å². The van der Waals surface area contributed by atoms with Crippen LogP contribution in [0.2, 0.25) is 10.0 Å². The first-order valence-electron chi connectivity index (χ1n) is 8.71. The number of rotatable bonds is 6. The van der Waals surface area contributed by atoms with Crippen LogP contribution >= 0.6 is 58.1 Å². The van der Waals surface area contributed by atoms with Gasteiger partial charge >= 0.3 is 5.97 Å². The molecule has 4 rings (SSSR count). The second-order valence-electron chi connectivity index (χ2n) is 6.46. The van der Waals surface area contributed by atoms with Gasteiger partial charge in [0.2, 0.25) is 5.91 Å². The summed E-state index contributed by atoms with van der Waals surface area (Å²) in [6, 6.07) is 7.91. The number of thiophene rings is 1. The molecule has 3 heterocycles. The molecule has 2 aromatic rings. The Morgan fingerprint density at radius 1 is 1.30 bits per heavy atom. The molecule has 2 amide bonds. The van der Waals surface area contributed by atoms with Crippen molar-refractivity contribution < 1.29 is 19.5 Å². The number of β-lactam (4-membered cyclic amide) rings is 1. The molecule has 0 saturated carbocycles. The molecule has 1 fully saturated rings. The van der Waals surface area contributed by atoms with Gasteiger partial charge in [0.25, 0.3) is 5.91 Å². The minimum Gasteiger partial charge on any atom is -0.477 e. The molecule has 2 aliphatic heterocycles. The summed E-state index contributed by atoms with van der Waals surface area (Å²) in [6.45, 7) is 0. The number of aliphatic carboxylic acids is 1. The number of hydrogen-bond acceptors (Lipinski definition) is 6. The van der Waals surface area contributed by atoms with Crippen molar-refractivity contribution in [2.75, 3.05) is 5.75 Å². The van der Waals surface area contributed by atoms with Gasteiger partial charge in [-0.05, 0) is 29.6 Å². The normalized spacial score (nSPS) is 20.6. The predicted molar refractivity (Wildman–Crippen MR) is 120 cm³/mol. The molecule has 0 radical (unpaired) electrons. The van der Waals surface area contributed by atoms with E-state index in [2.05, 4.69) is 5.32 Å². The number of hydrogen-bond donors (Lipinski definition) is 2. The number of carbonyl (C=O) groups excluding carboxylic acids is 2. The van der Waals surface area contributed by atoms with Crippen LogP contribution in [-0.4, -0.2) is 45.0 Å². The summed E-state index contributed by atoms with van der Waals surface area (Å²) in [7, 11) is 0. The minimum atomic E-state index is -1.20. The first-order chi connectivity index (χ1) is 14.3. The van der Waals surface area contributed by atoms with Gasteiger partial charge in [-0.25, -0.2) is 4.79 Å². The number of halogens is 2. The molecule has 1 aromatic heterocycles. The maximum atomic E-state index is 12.7. The molecular formula is C19H14Cl2N2O4S3. The molecule has 0 bridgehead atoms. The Morgan fingerprint density at radius 2 is 2.10 bits per heavy atom. The lowest BCUT2D eigenvalue weighted by molar-refractivity contribution is -0.150. The number of nitrogens with zero attached hydrogens (tertiary/aromatic N) is 1. The Labute approximate surface area is 194 Å². The van der Waals surface area contributed by atoms with Crippen molar-refractivity contribution >= 4 is 75.8 Å². The third-order valence-corrected chi connectivity index (χ3v) is 8.65. The molecule has 1 aromatic carbocycles. The summed E-state index contributed by atoms with van der Waals surface area (Å²) in [5.74, 6) is -1.51. The lowest BCUT2D eigenvalue weighted by atomic mass is 10.0. The van der Waals surface area contributed by atoms with E-state index in [4.69, 9.17) is 23.2 Å². The highest BCUT2D eigenvalue weighted by atomic mass is 35.5. The van der Waals surface area contributed by atoms with Crippen LogP contribution in [0, 0.1) is 0 Å². The Hall–Kier alpha value is -1.65. The van der Waals surface area contributed by atoms with Crippen molar-refractivity contribution in [1.29, 1.82) is 0 Å². The van der Waals surface area contributed by atoms with E-state index in [1.54, 1.807) is 18.2 Å². The highest BCUT2D eigenvalue weighted by molar-refractivity contribution is 8.06. The lowest BCUT2D eigenvalue weighted by Crippen LogP contribution is -2.70. The van der Waals surface area contributed by atoms with Crippen molar-refractivity contribution in [2.24, 2.45) is 0 Å². The third kappa shape index (κ3) is 4.22. The molecule has 0 spiro atoms. The quantitative estimate of drug-likeness (QED) is 0.580. The number of fused-ring (bicyclic) bond motifs is 1. The molecule has 2 atom stereocenters. The second kappa shape index (κ2) is 8.84. The van der Waals surface area contributed by atoms with Crippen LogP contribution in [0.5, 0.6) is 0 Å². The molecule has 1 saturated heterocycles. The first-order valence-corrected chi connectivity index (χ1v) is 12.2. The highest BCUT2D eigenvalue weighted by Gasteiger charge is 2.54. The lowest BCUT2D eigenvalue weighted by Gasteiger charge is -2.49. The van der Waals surface area contributed by atoms with Gasteiger partial charge in [-0.2, -0.15) is 0 Å². The second-order valence-corrected chi connectivity index (χ2v) is 10.6. The van der Waals surface area contributed by atoms with Crippen LogP contribution in [0.25, 0.3) is 0 Å². The number of carboxylic acids is 1. The van der Waals surface area contributed by atoms with Gasteiger partial charge in [0, 0.05) is 25.5 Å². The number of carboxylic acid groups (broad SMARTS) is 1. The van der Waals surface area contributed by atoms with E-state index in [9.17, 15) is 19.5 Å². The number of benzene rings is 1. The Bertz CT molecular complexity index is 1060. The fourth-order valence-electron chi connectivity index (χ4n) is 3.15. The van der Waals surface area contributed by atoms with Gasteiger partial charge in [-0.1, -0.05) is 41.0 Å². The van der Waals surface area contributed by atoms with E-state index in [1.807, 2.05) is 17.5 Å². The van der Waals surface area contributed by atoms with E-state index in [0.29, 0.717) is 25.6 Å². The SMILES string of the molecule is O=C(Cc1cccs1)N[C@@H]1C(=O)N2C(C(=O)O)=C(Sc3cc(Cl)ccc3Cl)CS[C@@H]12. The van der Waals surface area contributed by atoms with E-state index in [0.717, 1.165) is 4.88 Å². The van der Waals surface area contributed by atoms with Crippen LogP contribution < -0.4 is 5.32 Å². The zero-order valence-electron chi connectivity index (χ0n) is 15.1. The van der Waals surface area contributed by atoms with Gasteiger partial charge in [-0.15, -0.1) is 23.1 Å². The summed E-state index contributed by atoms with van der Waals surface area (Å²) >= 11 is 16.3. The Kier molecular flexibility index (Phi) is 6.36. The first kappa shape index (κ1) is 21.6. The fourth-order valence-corrected chi connectivity index (χ4v) is 6.86. The number of amides is 2. The summed E-state index contributed by atoms with van der Waals surface area (Å²) < 4.78 is 0. The predicted octanol–water partition coefficient (Wildman–Crippen LogP) is 4.09. The average Bonchev–Trinajstić information content (AvgIpc) is 3.21. The van der Waals surface area contributed by atoms with Gasteiger partial charge in [0.05, 0.1) is 11.4 Å². The molecule has 0 unspecified atom stereocenters. The van der Waals surface area contributed by atoms with Crippen LogP contribution in [-0.2, 0) is 20.8 Å². The van der Waals surface area contributed by atoms with Crippen LogP contribution in [0.15, 0.2) is 51.2 Å². The molecule has 11 heteroatoms. The maximum Gasteiger partial charge on any atom is 0.353 e. The molecule has 2 N–H and O–H groups in total. The number of carbonyl (C=O) groups is 3. The van der Waals surface area contributed by atoms with Crippen molar-refractivity contribution in [1.82, 2.24) is 10.2 Å². The standard InChI is InChI=1S/C19H14Cl2N2O4S3/c20-9-3-4-11(21)12(6-9)30-13-8-29-18-15(17(25)23(18)16(13)19(26)27)22-14(24)7-10-2-1-5-28-10/h1-6,15,18H,7-8H2,(H,22,24)(H,26,27)/t15-,18+/m1/s1. The molecule has 30 heavy (non-hydrogen) atoms. The van der Waals surface area contributed by atoms with Gasteiger partial charge in [0.1, 0.15) is 17.1 Å². The van der Waals surface area contributed by atoms with Crippen molar-refractivity contribution in [3.63, 3.8) is 0 Å². The topological polar surface area (TPSA) is 86.7 Å². The Balaban J connectivity index is 1.52. The fraction of sp³-hybridized carbons (Fsp3) is 0.211. The summed E-state index contributed by atoms with van der Waals surface area (Å²) in [5.41, 5.74) is -0.0754. The molecular weight excluding hydrogens is 487 g/mol. The van der Waals surface area contributed by atoms with Crippen LogP contribution in [0.3, 0.4) is 0 Å². The van der Waals surface area contributed by atoms with E-state index >= 15 is 0 Å². The van der Waals surface area contributed by atoms with Gasteiger partial charge < -0.3 is 10.4 Å². The average molecular weight is 501 g/mol. The van der Waals surface area contributed by atoms with E-state index in [1.165, 1.54) is 39.8 Å². The molecule has 0 aliphatic carbocycles. The number of thioether (sulfide) groups is 2. The van der Waals surface area contributed by atoms with Gasteiger partial charge in [0.15, 0.2) is 0 Å². The van der Waals surface area contributed by atoms with E-state index < -0.39 is 23.3 Å². The summed E-state index contributed by atoms with van der Waals surface area (Å²) in [6.07, 6.45) is 0.189. The minimum absolute atomic E-state index is 0.0754. The van der Waals surface area contributed by atoms with Crippen molar-refractivity contribution in [3.8, 4) is 0 Å². The zero-order chi connectivity index (χ0) is 21.4. The zero-order valence-corrected chi connectivity index (χ0v) is 19.1. The van der Waals surface area contributed by atoms with E-state index in [-0.39, 0.29) is 18.0 Å². The maximum absolute atomic E-state index is 12.7. The Morgan fingerprint density at radius 3 is 2.80 bits per heavy atom. The summed E-state index contributed by atoms with van der Waals surface area (Å²) in [5, 5.41) is 14.9. The highest BCUT2D eigenvalue weighted by Crippen LogP contribution is 2.46. The molecule has 6 nitrogen and oxygen atoms in total. The van der Waals surface area contributed by atoms with Crippen molar-refractivity contribution in [2.45, 2.75) is 22.7 Å². The molecule has 2 aliphatic rings. The number of nitrogens with one attached hydrogen (secondary N) is 1. The largest absolute Gasteiger partial charge is 0.477 e.